The summed E-state index contributed by atoms with van der Waals surface area (Å²) in [6.07, 6.45) is -2.84. The Morgan fingerprint density at radius 2 is 1.89 bits per heavy atom. The second-order valence-electron chi connectivity index (χ2n) is 5.62. The zero-order chi connectivity index (χ0) is 19.4. The maximum absolute atomic E-state index is 13.2. The van der Waals surface area contributed by atoms with Gasteiger partial charge in [-0.3, -0.25) is 9.39 Å². The summed E-state index contributed by atoms with van der Waals surface area (Å²) in [6, 6.07) is 8.05. The van der Waals surface area contributed by atoms with Gasteiger partial charge in [0.15, 0.2) is 17.4 Å². The highest BCUT2D eigenvalue weighted by atomic mass is 19.4. The molecule has 0 saturated carbocycles. The van der Waals surface area contributed by atoms with E-state index in [1.807, 2.05) is 12.1 Å². The van der Waals surface area contributed by atoms with Gasteiger partial charge in [0, 0.05) is 19.8 Å². The van der Waals surface area contributed by atoms with Crippen molar-refractivity contribution in [2.75, 3.05) is 7.05 Å². The number of hydrogen-bond acceptors (Lipinski definition) is 3. The molecule has 1 aromatic carbocycles. The van der Waals surface area contributed by atoms with Gasteiger partial charge < -0.3 is 10.6 Å². The van der Waals surface area contributed by atoms with E-state index in [0.717, 1.165) is 12.1 Å². The molecule has 142 valence electrons. The highest BCUT2D eigenvalue weighted by molar-refractivity contribution is 5.79. The van der Waals surface area contributed by atoms with Crippen molar-refractivity contribution in [3.63, 3.8) is 0 Å². The number of halogens is 4. The van der Waals surface area contributed by atoms with Gasteiger partial charge in [-0.1, -0.05) is 12.1 Å². The van der Waals surface area contributed by atoms with E-state index in [9.17, 15) is 17.6 Å². The smallest absolute Gasteiger partial charge is 0.352 e. The maximum Gasteiger partial charge on any atom is 0.416 e. The summed E-state index contributed by atoms with van der Waals surface area (Å²) in [5, 5.41) is 13.8. The Bertz CT molecular complexity index is 963. The average Bonchev–Trinajstić information content (AvgIpc) is 3.05. The molecule has 10 heteroatoms. The Hall–Kier alpha value is -3.17. The van der Waals surface area contributed by atoms with Gasteiger partial charge >= 0.3 is 6.18 Å². The van der Waals surface area contributed by atoms with Gasteiger partial charge in [-0.25, -0.2) is 4.39 Å². The molecule has 0 amide bonds. The number of rotatable bonds is 4. The molecule has 0 radical (unpaired) electrons. The van der Waals surface area contributed by atoms with Crippen LogP contribution in [0.1, 0.15) is 17.0 Å². The topological polar surface area (TPSA) is 66.6 Å². The summed E-state index contributed by atoms with van der Waals surface area (Å²) in [5.41, 5.74) is -0.424. The Kier molecular flexibility index (Phi) is 5.24. The first-order valence-corrected chi connectivity index (χ1v) is 7.97. The highest BCUT2D eigenvalue weighted by Gasteiger charge is 2.33. The molecule has 0 unspecified atom stereocenters. The van der Waals surface area contributed by atoms with Crippen LogP contribution < -0.4 is 10.6 Å². The van der Waals surface area contributed by atoms with Crippen molar-refractivity contribution in [3.05, 3.63) is 65.4 Å². The number of hydrogen-bond donors (Lipinski definition) is 2. The molecule has 2 heterocycles. The monoisotopic (exact) mass is 380 g/mol. The van der Waals surface area contributed by atoms with Crippen LogP contribution in [0.4, 0.5) is 17.6 Å². The summed E-state index contributed by atoms with van der Waals surface area (Å²) in [6.45, 7) is 0.0930. The van der Waals surface area contributed by atoms with Crippen molar-refractivity contribution in [1.29, 1.82) is 0 Å². The summed E-state index contributed by atoms with van der Waals surface area (Å²) in [5.74, 6) is -0.0429. The zero-order valence-corrected chi connectivity index (χ0v) is 14.3. The summed E-state index contributed by atoms with van der Waals surface area (Å²) in [7, 11) is 1.49. The van der Waals surface area contributed by atoms with Gasteiger partial charge in [0.2, 0.25) is 0 Å². The third-order valence-electron chi connectivity index (χ3n) is 3.85. The fourth-order valence-electron chi connectivity index (χ4n) is 2.54. The van der Waals surface area contributed by atoms with Crippen LogP contribution in [-0.2, 0) is 19.3 Å². The van der Waals surface area contributed by atoms with Crippen LogP contribution in [0.25, 0.3) is 5.65 Å². The van der Waals surface area contributed by atoms with E-state index >= 15 is 0 Å². The van der Waals surface area contributed by atoms with E-state index in [-0.39, 0.29) is 24.6 Å². The maximum atomic E-state index is 13.2. The van der Waals surface area contributed by atoms with Crippen LogP contribution in [-0.4, -0.2) is 27.6 Å². The first-order valence-electron chi connectivity index (χ1n) is 7.97. The molecule has 0 fully saturated rings. The number of fused-ring (bicyclic) bond motifs is 1. The number of nitrogens with one attached hydrogen (secondary N) is 2. The Balaban J connectivity index is 1.67. The number of aliphatic imine (C=N–C) groups is 1. The van der Waals surface area contributed by atoms with E-state index < -0.39 is 17.6 Å². The number of nitrogens with zero attached hydrogens (tertiary/aromatic N) is 4. The van der Waals surface area contributed by atoms with Crippen molar-refractivity contribution in [2.45, 2.75) is 19.3 Å². The first kappa shape index (κ1) is 18.6. The number of guanidine groups is 1. The van der Waals surface area contributed by atoms with Crippen LogP contribution in [0.3, 0.4) is 0 Å². The Morgan fingerprint density at radius 1 is 1.11 bits per heavy atom. The van der Waals surface area contributed by atoms with E-state index in [2.05, 4.69) is 25.8 Å². The standard InChI is InChI=1S/C17H16F4N6/c1-22-16(24-10-15-26-25-14-4-2-3-7-27(14)15)23-9-11-5-6-12(18)8-13(11)17(19,20)21/h2-8H,9-10H2,1H3,(H2,22,23,24). The fraction of sp³-hybridized carbons (Fsp3) is 0.235. The van der Waals surface area contributed by atoms with Crippen LogP contribution in [0.2, 0.25) is 0 Å². The van der Waals surface area contributed by atoms with E-state index in [1.165, 1.54) is 7.05 Å². The van der Waals surface area contributed by atoms with Crippen molar-refractivity contribution in [1.82, 2.24) is 25.2 Å². The lowest BCUT2D eigenvalue weighted by molar-refractivity contribution is -0.138. The minimum Gasteiger partial charge on any atom is -0.352 e. The Labute approximate surface area is 151 Å². The van der Waals surface area contributed by atoms with Gasteiger partial charge in [-0.05, 0) is 29.8 Å². The van der Waals surface area contributed by atoms with Gasteiger partial charge in [0.05, 0.1) is 12.1 Å². The highest BCUT2D eigenvalue weighted by Crippen LogP contribution is 2.32. The average molecular weight is 380 g/mol. The summed E-state index contributed by atoms with van der Waals surface area (Å²) >= 11 is 0. The molecule has 0 aliphatic rings. The molecule has 0 bridgehead atoms. The SMILES string of the molecule is CN=C(NCc1ccc(F)cc1C(F)(F)F)NCc1nnc2ccccn12. The number of pyridine rings is 1. The largest absolute Gasteiger partial charge is 0.416 e. The van der Waals surface area contributed by atoms with E-state index in [4.69, 9.17) is 0 Å². The predicted molar refractivity (Wildman–Crippen MR) is 91.4 cm³/mol. The van der Waals surface area contributed by atoms with E-state index in [0.29, 0.717) is 17.5 Å². The quantitative estimate of drug-likeness (QED) is 0.415. The summed E-state index contributed by atoms with van der Waals surface area (Å²) in [4.78, 5) is 3.97. The molecule has 0 aliphatic carbocycles. The van der Waals surface area contributed by atoms with Crippen molar-refractivity contribution < 1.29 is 17.6 Å². The minimum absolute atomic E-state index is 0.0835. The minimum atomic E-state index is -4.64. The third-order valence-corrected chi connectivity index (χ3v) is 3.85. The molecule has 6 nitrogen and oxygen atoms in total. The lowest BCUT2D eigenvalue weighted by Crippen LogP contribution is -2.37. The number of alkyl halides is 3. The second-order valence-corrected chi connectivity index (χ2v) is 5.62. The predicted octanol–water partition coefficient (Wildman–Crippen LogP) is 2.75. The van der Waals surface area contributed by atoms with Gasteiger partial charge in [-0.2, -0.15) is 13.2 Å². The molecule has 2 aromatic heterocycles. The van der Waals surface area contributed by atoms with Crippen LogP contribution in [0.15, 0.2) is 47.6 Å². The number of aromatic nitrogens is 3. The third kappa shape index (κ3) is 4.33. The Morgan fingerprint density at radius 3 is 2.63 bits per heavy atom. The molecule has 3 aromatic rings. The molecule has 2 N–H and O–H groups in total. The van der Waals surface area contributed by atoms with Gasteiger partial charge in [-0.15, -0.1) is 10.2 Å². The molecule has 0 saturated heterocycles. The number of benzene rings is 1. The molecular formula is C17H16F4N6. The lowest BCUT2D eigenvalue weighted by Gasteiger charge is -2.15. The van der Waals surface area contributed by atoms with Crippen LogP contribution in [0, 0.1) is 5.82 Å². The van der Waals surface area contributed by atoms with Gasteiger partial charge in [0.1, 0.15) is 5.82 Å². The van der Waals surface area contributed by atoms with Gasteiger partial charge in [0.25, 0.3) is 0 Å². The lowest BCUT2D eigenvalue weighted by atomic mass is 10.1. The molecule has 0 atom stereocenters. The zero-order valence-electron chi connectivity index (χ0n) is 14.3. The normalized spacial score (nSPS) is 12.4. The molecule has 0 spiro atoms. The molecule has 27 heavy (non-hydrogen) atoms. The van der Waals surface area contributed by atoms with Crippen LogP contribution in [0.5, 0.6) is 0 Å². The fourth-order valence-corrected chi connectivity index (χ4v) is 2.54. The van der Waals surface area contributed by atoms with Crippen molar-refractivity contribution >= 4 is 11.6 Å². The first-order chi connectivity index (χ1) is 12.9. The molecule has 0 aliphatic heterocycles. The van der Waals surface area contributed by atoms with Crippen LogP contribution >= 0.6 is 0 Å². The molecule has 3 rings (SSSR count). The second kappa shape index (κ2) is 7.60. The van der Waals surface area contributed by atoms with E-state index in [1.54, 1.807) is 16.7 Å². The summed E-state index contributed by atoms with van der Waals surface area (Å²) < 4.78 is 54.1. The van der Waals surface area contributed by atoms with Crippen molar-refractivity contribution in [2.24, 2.45) is 4.99 Å². The molecular weight excluding hydrogens is 364 g/mol. The van der Waals surface area contributed by atoms with Crippen molar-refractivity contribution in [3.8, 4) is 0 Å².